The van der Waals surface area contributed by atoms with Crippen molar-refractivity contribution in [2.24, 2.45) is 0 Å². The fourth-order valence-electron chi connectivity index (χ4n) is 2.99. The van der Waals surface area contributed by atoms with Gasteiger partial charge in [0.25, 0.3) is 11.8 Å². The van der Waals surface area contributed by atoms with Crippen molar-refractivity contribution in [1.29, 1.82) is 0 Å². The van der Waals surface area contributed by atoms with E-state index in [1.807, 2.05) is 43.5 Å². The van der Waals surface area contributed by atoms with Crippen LogP contribution in [0.25, 0.3) is 0 Å². The average Bonchev–Trinajstić information content (AvgIpc) is 3.25. The molecule has 0 aliphatic rings. The number of urea groups is 1. The largest absolute Gasteiger partial charge is 0.350 e. The molecule has 0 aliphatic heterocycles. The summed E-state index contributed by atoms with van der Waals surface area (Å²) in [6.07, 6.45) is 0. The molecule has 0 saturated carbocycles. The Morgan fingerprint density at radius 2 is 1.39 bits per heavy atom. The van der Waals surface area contributed by atoms with Gasteiger partial charge in [-0.25, -0.2) is 4.79 Å². The van der Waals surface area contributed by atoms with Crippen LogP contribution in [0.1, 0.15) is 31.2 Å². The Bertz CT molecular complexity index is 1040. The fraction of sp³-hybridized carbons (Fsp3) is 0.174. The molecule has 3 rings (SSSR count). The first-order chi connectivity index (χ1) is 14.9. The topological polar surface area (TPSA) is 99.3 Å². The van der Waals surface area contributed by atoms with Crippen LogP contribution in [0, 0.1) is 13.8 Å². The second kappa shape index (κ2) is 10.4. The fourth-order valence-corrected chi connectivity index (χ4v) is 3.63. The zero-order chi connectivity index (χ0) is 22.2. The van der Waals surface area contributed by atoms with Gasteiger partial charge in [-0.3, -0.25) is 9.59 Å². The zero-order valence-electron chi connectivity index (χ0n) is 17.3. The molecule has 0 atom stereocenters. The van der Waals surface area contributed by atoms with E-state index in [1.165, 1.54) is 11.3 Å². The van der Waals surface area contributed by atoms with Gasteiger partial charge in [0.1, 0.15) is 0 Å². The van der Waals surface area contributed by atoms with Crippen LogP contribution < -0.4 is 21.3 Å². The lowest BCUT2D eigenvalue weighted by atomic mass is 10.1. The van der Waals surface area contributed by atoms with Crippen molar-refractivity contribution < 1.29 is 14.4 Å². The molecular formula is C23H24N4O3S. The highest BCUT2D eigenvalue weighted by atomic mass is 32.1. The lowest BCUT2D eigenvalue weighted by Gasteiger charge is -2.10. The molecule has 4 N–H and O–H groups in total. The number of carbonyl (C=O) groups excluding carboxylic acids is 3. The number of carbonyl (C=O) groups is 3. The highest BCUT2D eigenvalue weighted by Gasteiger charge is 2.08. The summed E-state index contributed by atoms with van der Waals surface area (Å²) in [5, 5.41) is 12.9. The SMILES string of the molecule is Cc1cc(C)cc(NC(=O)Nc2ccc(C(=O)NCCNC(=O)c3cccs3)cc2)c1. The van der Waals surface area contributed by atoms with Crippen LogP contribution in [0.5, 0.6) is 0 Å². The van der Waals surface area contributed by atoms with Gasteiger partial charge in [-0.05, 0) is 72.8 Å². The van der Waals surface area contributed by atoms with Gasteiger partial charge in [-0.15, -0.1) is 11.3 Å². The van der Waals surface area contributed by atoms with E-state index in [0.29, 0.717) is 29.2 Å². The summed E-state index contributed by atoms with van der Waals surface area (Å²) < 4.78 is 0. The number of hydrogen-bond donors (Lipinski definition) is 4. The van der Waals surface area contributed by atoms with Crippen LogP contribution in [0.4, 0.5) is 16.2 Å². The third-order valence-electron chi connectivity index (χ3n) is 4.33. The van der Waals surface area contributed by atoms with E-state index in [4.69, 9.17) is 0 Å². The predicted octanol–water partition coefficient (Wildman–Crippen LogP) is 4.17. The third kappa shape index (κ3) is 6.68. The molecule has 1 heterocycles. The molecule has 7 nitrogen and oxygen atoms in total. The second-order valence-electron chi connectivity index (χ2n) is 7.02. The Morgan fingerprint density at radius 1 is 0.774 bits per heavy atom. The normalized spacial score (nSPS) is 10.3. The molecule has 31 heavy (non-hydrogen) atoms. The third-order valence-corrected chi connectivity index (χ3v) is 5.19. The van der Waals surface area contributed by atoms with Crippen LogP contribution in [0.15, 0.2) is 60.0 Å². The zero-order valence-corrected chi connectivity index (χ0v) is 18.1. The summed E-state index contributed by atoms with van der Waals surface area (Å²) in [6, 6.07) is 15.6. The van der Waals surface area contributed by atoms with Gasteiger partial charge < -0.3 is 21.3 Å². The van der Waals surface area contributed by atoms with E-state index < -0.39 is 0 Å². The molecule has 2 aromatic carbocycles. The van der Waals surface area contributed by atoms with Crippen LogP contribution in [-0.4, -0.2) is 30.9 Å². The number of anilines is 2. The Balaban J connectivity index is 1.43. The highest BCUT2D eigenvalue weighted by Crippen LogP contribution is 2.15. The predicted molar refractivity (Wildman–Crippen MR) is 124 cm³/mol. The lowest BCUT2D eigenvalue weighted by molar-refractivity contribution is 0.0929. The molecule has 1 aromatic heterocycles. The summed E-state index contributed by atoms with van der Waals surface area (Å²) in [4.78, 5) is 36.9. The summed E-state index contributed by atoms with van der Waals surface area (Å²) in [5.41, 5.74) is 3.89. The van der Waals surface area contributed by atoms with Gasteiger partial charge in [0.05, 0.1) is 4.88 Å². The van der Waals surface area contributed by atoms with E-state index in [9.17, 15) is 14.4 Å². The van der Waals surface area contributed by atoms with Crippen LogP contribution >= 0.6 is 11.3 Å². The summed E-state index contributed by atoms with van der Waals surface area (Å²) in [6.45, 7) is 4.59. The van der Waals surface area contributed by atoms with Crippen molar-refractivity contribution in [3.63, 3.8) is 0 Å². The van der Waals surface area contributed by atoms with Gasteiger partial charge in [0.15, 0.2) is 0 Å². The minimum Gasteiger partial charge on any atom is -0.350 e. The van der Waals surface area contributed by atoms with Gasteiger partial charge in [0, 0.05) is 30.0 Å². The first-order valence-corrected chi connectivity index (χ1v) is 10.6. The molecule has 0 unspecified atom stereocenters. The first kappa shape index (κ1) is 22.0. The number of nitrogens with one attached hydrogen (secondary N) is 4. The van der Waals surface area contributed by atoms with Gasteiger partial charge >= 0.3 is 6.03 Å². The molecule has 0 aliphatic carbocycles. The molecule has 0 bridgehead atoms. The maximum atomic E-state index is 12.2. The maximum Gasteiger partial charge on any atom is 0.323 e. The minimum absolute atomic E-state index is 0.154. The van der Waals surface area contributed by atoms with Gasteiger partial charge in [-0.1, -0.05) is 12.1 Å². The van der Waals surface area contributed by atoms with Crippen molar-refractivity contribution in [2.45, 2.75) is 13.8 Å². The lowest BCUT2D eigenvalue weighted by Crippen LogP contribution is -2.34. The van der Waals surface area contributed by atoms with E-state index in [2.05, 4.69) is 21.3 Å². The molecule has 0 spiro atoms. The first-order valence-electron chi connectivity index (χ1n) is 9.77. The van der Waals surface area contributed by atoms with E-state index >= 15 is 0 Å². The summed E-state index contributed by atoms with van der Waals surface area (Å²) >= 11 is 1.37. The Labute approximate surface area is 184 Å². The number of benzene rings is 2. The molecule has 0 saturated heterocycles. The Hall–Kier alpha value is -3.65. The number of thiophene rings is 1. The van der Waals surface area contributed by atoms with Crippen LogP contribution in [0.3, 0.4) is 0 Å². The van der Waals surface area contributed by atoms with Gasteiger partial charge in [-0.2, -0.15) is 0 Å². The molecule has 3 aromatic rings. The minimum atomic E-state index is -0.358. The van der Waals surface area contributed by atoms with Crippen molar-refractivity contribution >= 4 is 40.6 Å². The summed E-state index contributed by atoms with van der Waals surface area (Å²) in [5.74, 6) is -0.407. The number of amides is 4. The van der Waals surface area contributed by atoms with Crippen molar-refractivity contribution in [2.75, 3.05) is 23.7 Å². The van der Waals surface area contributed by atoms with Crippen molar-refractivity contribution in [1.82, 2.24) is 10.6 Å². The molecule has 0 fully saturated rings. The van der Waals surface area contributed by atoms with E-state index in [-0.39, 0.29) is 17.8 Å². The summed E-state index contributed by atoms with van der Waals surface area (Å²) in [7, 11) is 0. The van der Waals surface area contributed by atoms with Crippen molar-refractivity contribution in [3.8, 4) is 0 Å². The quantitative estimate of drug-likeness (QED) is 0.418. The van der Waals surface area contributed by atoms with Crippen LogP contribution in [-0.2, 0) is 0 Å². The second-order valence-corrected chi connectivity index (χ2v) is 7.97. The monoisotopic (exact) mass is 436 g/mol. The highest BCUT2D eigenvalue weighted by molar-refractivity contribution is 7.12. The molecule has 8 heteroatoms. The molecular weight excluding hydrogens is 412 g/mol. The molecule has 4 amide bonds. The van der Waals surface area contributed by atoms with E-state index in [0.717, 1.165) is 16.8 Å². The number of hydrogen-bond acceptors (Lipinski definition) is 4. The van der Waals surface area contributed by atoms with Crippen LogP contribution in [0.2, 0.25) is 0 Å². The molecule has 0 radical (unpaired) electrons. The van der Waals surface area contributed by atoms with Gasteiger partial charge in [0.2, 0.25) is 0 Å². The Morgan fingerprint density at radius 3 is 2.00 bits per heavy atom. The number of rotatable bonds is 7. The Kier molecular flexibility index (Phi) is 7.40. The standard InChI is InChI=1S/C23H24N4O3S/c1-15-12-16(2)14-19(13-15)27-23(30)26-18-7-5-17(6-8-18)21(28)24-9-10-25-22(29)20-4-3-11-31-20/h3-8,11-14H,9-10H2,1-2H3,(H,24,28)(H,25,29)(H2,26,27,30). The van der Waals surface area contributed by atoms with E-state index in [1.54, 1.807) is 30.3 Å². The smallest absolute Gasteiger partial charge is 0.323 e. The van der Waals surface area contributed by atoms with Crippen molar-refractivity contribution in [3.05, 3.63) is 81.5 Å². The molecule has 160 valence electrons. The number of aryl methyl sites for hydroxylation is 2. The average molecular weight is 437 g/mol. The maximum absolute atomic E-state index is 12.2.